The van der Waals surface area contributed by atoms with E-state index >= 15 is 0 Å². The normalized spacial score (nSPS) is 12.2. The first-order chi connectivity index (χ1) is 8.90. The summed E-state index contributed by atoms with van der Waals surface area (Å²) in [6, 6.07) is 1.56. The van der Waals surface area contributed by atoms with E-state index in [-0.39, 0.29) is 12.1 Å². The summed E-state index contributed by atoms with van der Waals surface area (Å²) in [4.78, 5) is 22.1. The van der Waals surface area contributed by atoms with Crippen molar-refractivity contribution in [3.05, 3.63) is 12.3 Å². The van der Waals surface area contributed by atoms with Crippen molar-refractivity contribution in [2.24, 2.45) is 5.92 Å². The van der Waals surface area contributed by atoms with E-state index in [2.05, 4.69) is 15.7 Å². The van der Waals surface area contributed by atoms with Crippen LogP contribution in [0.4, 0.5) is 10.6 Å². The van der Waals surface area contributed by atoms with Gasteiger partial charge in [-0.15, -0.1) is 0 Å². The molecule has 0 aromatic carbocycles. The van der Waals surface area contributed by atoms with Gasteiger partial charge in [-0.2, -0.15) is 5.10 Å². The second kappa shape index (κ2) is 6.77. The predicted octanol–water partition coefficient (Wildman–Crippen LogP) is 1.70. The highest BCUT2D eigenvalue weighted by Gasteiger charge is 2.11. The first-order valence-corrected chi connectivity index (χ1v) is 6.23. The Hall–Kier alpha value is -2.05. The number of carboxylic acids is 1. The lowest BCUT2D eigenvalue weighted by molar-refractivity contribution is -0.141. The van der Waals surface area contributed by atoms with Gasteiger partial charge in [-0.3, -0.25) is 14.8 Å². The number of carbonyl (C=O) groups is 2. The van der Waals surface area contributed by atoms with Crippen LogP contribution in [-0.2, 0) is 4.79 Å². The van der Waals surface area contributed by atoms with Crippen LogP contribution in [0.3, 0.4) is 0 Å². The molecule has 19 heavy (non-hydrogen) atoms. The minimum atomic E-state index is -0.863. The molecule has 1 unspecified atom stereocenters. The molecule has 1 aromatic heterocycles. The zero-order valence-corrected chi connectivity index (χ0v) is 11.4. The highest BCUT2D eigenvalue weighted by Crippen LogP contribution is 2.07. The van der Waals surface area contributed by atoms with Crippen LogP contribution in [-0.4, -0.2) is 33.4 Å². The van der Waals surface area contributed by atoms with Crippen LogP contribution >= 0.6 is 0 Å². The van der Waals surface area contributed by atoms with Gasteiger partial charge in [0.15, 0.2) is 5.82 Å². The highest BCUT2D eigenvalue weighted by molar-refractivity contribution is 5.88. The van der Waals surface area contributed by atoms with Gasteiger partial charge in [0.25, 0.3) is 0 Å². The van der Waals surface area contributed by atoms with E-state index in [4.69, 9.17) is 5.11 Å². The van der Waals surface area contributed by atoms with Crippen molar-refractivity contribution in [1.29, 1.82) is 0 Å². The van der Waals surface area contributed by atoms with Gasteiger partial charge in [0, 0.05) is 24.8 Å². The summed E-state index contributed by atoms with van der Waals surface area (Å²) >= 11 is 0. The number of rotatable bonds is 6. The molecule has 0 saturated heterocycles. The van der Waals surface area contributed by atoms with Gasteiger partial charge in [0.05, 0.1) is 5.92 Å². The number of amides is 2. The molecule has 1 atom stereocenters. The number of urea groups is 1. The summed E-state index contributed by atoms with van der Waals surface area (Å²) in [6.07, 6.45) is 2.18. The molecule has 106 valence electrons. The molecule has 7 nitrogen and oxygen atoms in total. The summed E-state index contributed by atoms with van der Waals surface area (Å²) in [7, 11) is 0. The van der Waals surface area contributed by atoms with Gasteiger partial charge in [0.1, 0.15) is 0 Å². The van der Waals surface area contributed by atoms with Crippen molar-refractivity contribution in [2.75, 3.05) is 11.9 Å². The molecule has 7 heteroatoms. The SMILES string of the molecule is CC(CCNC(=O)Nc1ccn(C(C)C)n1)C(=O)O. The summed E-state index contributed by atoms with van der Waals surface area (Å²) in [5.74, 6) is -0.865. The number of hydrogen-bond acceptors (Lipinski definition) is 3. The summed E-state index contributed by atoms with van der Waals surface area (Å²) < 4.78 is 1.74. The maximum atomic E-state index is 11.5. The Bertz CT molecular complexity index is 442. The lowest BCUT2D eigenvalue weighted by Crippen LogP contribution is -2.31. The fourth-order valence-electron chi connectivity index (χ4n) is 1.38. The van der Waals surface area contributed by atoms with E-state index in [1.54, 1.807) is 23.9 Å². The first kappa shape index (κ1) is 15.0. The number of carbonyl (C=O) groups excluding carboxylic acids is 1. The molecule has 0 aliphatic rings. The molecule has 1 rings (SSSR count). The number of anilines is 1. The number of carboxylic acid groups (broad SMARTS) is 1. The zero-order valence-electron chi connectivity index (χ0n) is 11.4. The molecule has 1 heterocycles. The van der Waals surface area contributed by atoms with Crippen molar-refractivity contribution in [3.8, 4) is 0 Å². The molecular formula is C12H20N4O3. The fourth-order valence-corrected chi connectivity index (χ4v) is 1.38. The maximum Gasteiger partial charge on any atom is 0.320 e. The Morgan fingerprint density at radius 3 is 2.63 bits per heavy atom. The molecule has 0 spiro atoms. The Kier molecular flexibility index (Phi) is 5.35. The van der Waals surface area contributed by atoms with E-state index in [0.29, 0.717) is 18.8 Å². The van der Waals surface area contributed by atoms with Crippen LogP contribution in [0.25, 0.3) is 0 Å². The van der Waals surface area contributed by atoms with E-state index in [1.165, 1.54) is 0 Å². The Labute approximate surface area is 112 Å². The third-order valence-corrected chi connectivity index (χ3v) is 2.66. The lowest BCUT2D eigenvalue weighted by Gasteiger charge is -2.08. The van der Waals surface area contributed by atoms with Gasteiger partial charge in [-0.05, 0) is 20.3 Å². The first-order valence-electron chi connectivity index (χ1n) is 6.23. The molecular weight excluding hydrogens is 248 g/mol. The second-order valence-electron chi connectivity index (χ2n) is 4.68. The van der Waals surface area contributed by atoms with E-state index < -0.39 is 11.9 Å². The van der Waals surface area contributed by atoms with E-state index in [9.17, 15) is 9.59 Å². The van der Waals surface area contributed by atoms with Crippen LogP contribution < -0.4 is 10.6 Å². The Balaban J connectivity index is 2.32. The molecule has 0 bridgehead atoms. The summed E-state index contributed by atoms with van der Waals surface area (Å²) in [6.45, 7) is 5.89. The van der Waals surface area contributed by atoms with Crippen LogP contribution in [0.5, 0.6) is 0 Å². The number of aromatic nitrogens is 2. The number of nitrogens with zero attached hydrogens (tertiary/aromatic N) is 2. The average Bonchev–Trinajstić information content (AvgIpc) is 2.77. The summed E-state index contributed by atoms with van der Waals surface area (Å²) in [5, 5.41) is 18.1. The number of hydrogen-bond donors (Lipinski definition) is 3. The predicted molar refractivity (Wildman–Crippen MR) is 71.1 cm³/mol. The van der Waals surface area contributed by atoms with Crippen LogP contribution in [0.1, 0.15) is 33.2 Å². The summed E-state index contributed by atoms with van der Waals surface area (Å²) in [5.41, 5.74) is 0. The highest BCUT2D eigenvalue weighted by atomic mass is 16.4. The largest absolute Gasteiger partial charge is 0.481 e. The van der Waals surface area contributed by atoms with Gasteiger partial charge in [-0.25, -0.2) is 4.79 Å². The topological polar surface area (TPSA) is 96.3 Å². The van der Waals surface area contributed by atoms with Crippen molar-refractivity contribution in [1.82, 2.24) is 15.1 Å². The third-order valence-electron chi connectivity index (χ3n) is 2.66. The zero-order chi connectivity index (χ0) is 14.4. The van der Waals surface area contributed by atoms with Gasteiger partial charge in [0.2, 0.25) is 0 Å². The number of nitrogens with one attached hydrogen (secondary N) is 2. The smallest absolute Gasteiger partial charge is 0.320 e. The Morgan fingerprint density at radius 2 is 2.11 bits per heavy atom. The Morgan fingerprint density at radius 1 is 1.42 bits per heavy atom. The van der Waals surface area contributed by atoms with Gasteiger partial charge < -0.3 is 10.4 Å². The molecule has 3 N–H and O–H groups in total. The lowest BCUT2D eigenvalue weighted by atomic mass is 10.1. The van der Waals surface area contributed by atoms with Crippen LogP contribution in [0, 0.1) is 5.92 Å². The third kappa shape index (κ3) is 4.99. The molecule has 0 aliphatic carbocycles. The van der Waals surface area contributed by atoms with Gasteiger partial charge >= 0.3 is 12.0 Å². The minimum absolute atomic E-state index is 0.232. The second-order valence-corrected chi connectivity index (χ2v) is 4.68. The number of aliphatic carboxylic acids is 1. The monoisotopic (exact) mass is 268 g/mol. The van der Waals surface area contributed by atoms with E-state index in [0.717, 1.165) is 0 Å². The van der Waals surface area contributed by atoms with Crippen molar-refractivity contribution in [2.45, 2.75) is 33.2 Å². The standard InChI is InChI=1S/C12H20N4O3/c1-8(2)16-7-5-10(15-16)14-12(19)13-6-4-9(3)11(17)18/h5,7-9H,4,6H2,1-3H3,(H,17,18)(H2,13,14,15,19). The average molecular weight is 268 g/mol. The minimum Gasteiger partial charge on any atom is -0.481 e. The van der Waals surface area contributed by atoms with E-state index in [1.807, 2.05) is 13.8 Å². The fraction of sp³-hybridized carbons (Fsp3) is 0.583. The van der Waals surface area contributed by atoms with Crippen molar-refractivity contribution < 1.29 is 14.7 Å². The van der Waals surface area contributed by atoms with Crippen LogP contribution in [0.2, 0.25) is 0 Å². The van der Waals surface area contributed by atoms with Crippen LogP contribution in [0.15, 0.2) is 12.3 Å². The van der Waals surface area contributed by atoms with Gasteiger partial charge in [-0.1, -0.05) is 6.92 Å². The molecule has 0 radical (unpaired) electrons. The van der Waals surface area contributed by atoms with Crippen molar-refractivity contribution in [3.63, 3.8) is 0 Å². The molecule has 0 saturated carbocycles. The molecule has 0 fully saturated rings. The quantitative estimate of drug-likeness (QED) is 0.731. The maximum absolute atomic E-state index is 11.5. The molecule has 2 amide bonds. The van der Waals surface area contributed by atoms with Crippen molar-refractivity contribution >= 4 is 17.8 Å². The molecule has 0 aliphatic heterocycles. The molecule has 1 aromatic rings.